The van der Waals surface area contributed by atoms with E-state index in [1.54, 1.807) is 6.92 Å². The van der Waals surface area contributed by atoms with Gasteiger partial charge in [0.1, 0.15) is 6.04 Å². The minimum Gasteiger partial charge on any atom is -0.505 e. The number of rotatable bonds is 2. The Morgan fingerprint density at radius 3 is 2.77 bits per heavy atom. The number of H-pyrrole nitrogens is 1. The summed E-state index contributed by atoms with van der Waals surface area (Å²) in [5.41, 5.74) is 1.35. The second kappa shape index (κ2) is 7.24. The summed E-state index contributed by atoms with van der Waals surface area (Å²) in [5, 5.41) is 18.9. The molecule has 1 aliphatic heterocycles. The summed E-state index contributed by atoms with van der Waals surface area (Å²) in [6.45, 7) is 1.24. The number of aromatic hydroxyl groups is 1. The molecule has 3 heterocycles. The number of alkyl halides is 3. The third-order valence-electron chi connectivity index (χ3n) is 5.04. The predicted octanol–water partition coefficient (Wildman–Crippen LogP) is 2.75. The van der Waals surface area contributed by atoms with E-state index in [0.29, 0.717) is 16.6 Å². The smallest absolute Gasteiger partial charge is 0.405 e. The van der Waals surface area contributed by atoms with E-state index in [1.807, 2.05) is 0 Å². The van der Waals surface area contributed by atoms with Gasteiger partial charge in [0, 0.05) is 25.2 Å². The first kappa shape index (κ1) is 20.1. The van der Waals surface area contributed by atoms with Crippen molar-refractivity contribution in [1.82, 2.24) is 25.4 Å². The van der Waals surface area contributed by atoms with E-state index in [9.17, 15) is 27.5 Å². The van der Waals surface area contributed by atoms with Crippen LogP contribution in [0.2, 0.25) is 0 Å². The fraction of sp³-hybridized carbons (Fsp3) is 0.316. The number of benzene rings is 1. The quantitative estimate of drug-likeness (QED) is 0.551. The van der Waals surface area contributed by atoms with Crippen molar-refractivity contribution in [2.75, 3.05) is 19.6 Å². The maximum atomic E-state index is 13.8. The summed E-state index contributed by atoms with van der Waals surface area (Å²) >= 11 is 0. The summed E-state index contributed by atoms with van der Waals surface area (Å²) in [6.07, 6.45) is -4.48. The molecule has 0 bridgehead atoms. The number of carbonyl (C=O) groups is 1. The van der Waals surface area contributed by atoms with Gasteiger partial charge in [0.15, 0.2) is 17.2 Å². The molecule has 7 nitrogen and oxygen atoms in total. The Balaban J connectivity index is 1.78. The van der Waals surface area contributed by atoms with Crippen LogP contribution in [0.3, 0.4) is 0 Å². The van der Waals surface area contributed by atoms with Crippen LogP contribution >= 0.6 is 0 Å². The number of pyridine rings is 1. The molecule has 1 amide bonds. The highest BCUT2D eigenvalue weighted by Gasteiger charge is 2.43. The Morgan fingerprint density at radius 1 is 1.30 bits per heavy atom. The summed E-state index contributed by atoms with van der Waals surface area (Å²) in [4.78, 5) is 18.7. The Labute approximate surface area is 167 Å². The highest BCUT2D eigenvalue weighted by molar-refractivity contribution is 6.07. The molecule has 3 N–H and O–H groups in total. The van der Waals surface area contributed by atoms with Gasteiger partial charge in [-0.3, -0.25) is 9.89 Å². The Hall–Kier alpha value is -3.21. The maximum absolute atomic E-state index is 13.8. The van der Waals surface area contributed by atoms with E-state index >= 15 is 0 Å². The van der Waals surface area contributed by atoms with Gasteiger partial charge < -0.3 is 15.3 Å². The lowest BCUT2D eigenvalue weighted by molar-refractivity contribution is -0.162. The number of nitrogens with one attached hydrogen (secondary N) is 2. The molecule has 2 aromatic heterocycles. The molecule has 1 unspecified atom stereocenters. The molecule has 4 rings (SSSR count). The van der Waals surface area contributed by atoms with Gasteiger partial charge in [-0.15, -0.1) is 0 Å². The highest BCUT2D eigenvalue weighted by Crippen LogP contribution is 2.30. The number of phenolic OH excluding ortho intramolecular Hbond substituents is 1. The molecular weight excluding hydrogens is 406 g/mol. The number of hydrogen-bond donors (Lipinski definition) is 3. The normalized spacial score (nSPS) is 17.5. The van der Waals surface area contributed by atoms with Crippen molar-refractivity contribution >= 4 is 16.9 Å². The third-order valence-corrected chi connectivity index (χ3v) is 5.04. The molecule has 1 fully saturated rings. The Morgan fingerprint density at radius 2 is 2.07 bits per heavy atom. The van der Waals surface area contributed by atoms with Gasteiger partial charge in [-0.2, -0.15) is 18.3 Å². The van der Waals surface area contributed by atoms with Crippen LogP contribution in [-0.2, 0) is 0 Å². The van der Waals surface area contributed by atoms with Gasteiger partial charge in [-0.05, 0) is 31.2 Å². The number of halogens is 4. The van der Waals surface area contributed by atoms with Crippen molar-refractivity contribution in [2.24, 2.45) is 0 Å². The third kappa shape index (κ3) is 3.56. The van der Waals surface area contributed by atoms with Crippen LogP contribution < -0.4 is 5.32 Å². The van der Waals surface area contributed by atoms with Crippen LogP contribution in [0.5, 0.6) is 5.75 Å². The van der Waals surface area contributed by atoms with Gasteiger partial charge in [-0.1, -0.05) is 0 Å². The van der Waals surface area contributed by atoms with E-state index in [0.717, 1.165) is 17.0 Å². The lowest BCUT2D eigenvalue weighted by Gasteiger charge is -2.34. The molecule has 0 spiro atoms. The fourth-order valence-corrected chi connectivity index (χ4v) is 3.49. The van der Waals surface area contributed by atoms with Gasteiger partial charge in [0.05, 0.1) is 22.3 Å². The zero-order valence-corrected chi connectivity index (χ0v) is 15.7. The lowest BCUT2D eigenvalue weighted by Crippen LogP contribution is -2.58. The van der Waals surface area contributed by atoms with E-state index in [2.05, 4.69) is 20.5 Å². The van der Waals surface area contributed by atoms with Gasteiger partial charge in [0.25, 0.3) is 5.91 Å². The number of hydrogen-bond acceptors (Lipinski definition) is 5. The number of amides is 1. The number of nitrogens with zero attached hydrogens (tertiary/aromatic N) is 3. The first-order valence-electron chi connectivity index (χ1n) is 9.09. The highest BCUT2D eigenvalue weighted by atomic mass is 19.4. The number of aromatic nitrogens is 3. The molecule has 1 saturated heterocycles. The molecular formula is C19H17F4N5O2. The number of phenols is 1. The molecule has 158 valence electrons. The van der Waals surface area contributed by atoms with E-state index in [1.165, 1.54) is 12.1 Å². The van der Waals surface area contributed by atoms with E-state index < -0.39 is 36.2 Å². The molecule has 1 aliphatic rings. The molecule has 30 heavy (non-hydrogen) atoms. The van der Waals surface area contributed by atoms with Crippen molar-refractivity contribution in [1.29, 1.82) is 0 Å². The summed E-state index contributed by atoms with van der Waals surface area (Å²) in [7, 11) is 0. The lowest BCUT2D eigenvalue weighted by atomic mass is 10.0. The van der Waals surface area contributed by atoms with Crippen LogP contribution in [0.15, 0.2) is 24.3 Å². The standard InChI is InChI=1S/C19H17F4N5O2/c1-9-16-11(18(30)28-5-4-24-15(8-28)19(21,22)23)7-13(25-17(16)27-26-9)10-2-3-14(29)12(20)6-10/h2-3,6-7,15,24,29H,4-5,8H2,1H3,(H,25,26,27). The molecule has 11 heteroatoms. The van der Waals surface area contributed by atoms with Crippen LogP contribution in [0, 0.1) is 12.7 Å². The zero-order chi connectivity index (χ0) is 21.6. The maximum Gasteiger partial charge on any atom is 0.405 e. The number of aromatic amines is 1. The van der Waals surface area contributed by atoms with Crippen LogP contribution in [0.1, 0.15) is 16.1 Å². The zero-order valence-electron chi connectivity index (χ0n) is 15.7. The second-order valence-corrected chi connectivity index (χ2v) is 7.05. The van der Waals surface area contributed by atoms with Crippen molar-refractivity contribution in [2.45, 2.75) is 19.1 Å². The summed E-state index contributed by atoms with van der Waals surface area (Å²) in [5.74, 6) is -1.99. The predicted molar refractivity (Wildman–Crippen MR) is 99.4 cm³/mol. The Kier molecular flexibility index (Phi) is 4.85. The fourth-order valence-electron chi connectivity index (χ4n) is 3.49. The summed E-state index contributed by atoms with van der Waals surface area (Å²) < 4.78 is 53.2. The van der Waals surface area contributed by atoms with Crippen molar-refractivity contribution in [3.05, 3.63) is 41.3 Å². The van der Waals surface area contributed by atoms with E-state index in [4.69, 9.17) is 0 Å². The molecule has 1 aromatic carbocycles. The van der Waals surface area contributed by atoms with Gasteiger partial charge in [-0.25, -0.2) is 9.37 Å². The largest absolute Gasteiger partial charge is 0.505 e. The van der Waals surface area contributed by atoms with Crippen LogP contribution in [-0.4, -0.2) is 62.9 Å². The van der Waals surface area contributed by atoms with Gasteiger partial charge >= 0.3 is 6.18 Å². The minimum absolute atomic E-state index is 0.00451. The molecule has 1 atom stereocenters. The van der Waals surface area contributed by atoms with Crippen molar-refractivity contribution in [3.8, 4) is 17.0 Å². The topological polar surface area (TPSA) is 94.1 Å². The van der Waals surface area contributed by atoms with E-state index in [-0.39, 0.29) is 30.0 Å². The van der Waals surface area contributed by atoms with Crippen molar-refractivity contribution in [3.63, 3.8) is 0 Å². The van der Waals surface area contributed by atoms with Crippen molar-refractivity contribution < 1.29 is 27.5 Å². The molecule has 0 saturated carbocycles. The monoisotopic (exact) mass is 423 g/mol. The SMILES string of the molecule is Cc1n[nH]c2nc(-c3ccc(O)c(F)c3)cc(C(=O)N3CCNC(C(F)(F)F)C3)c12. The molecule has 3 aromatic rings. The Bertz CT molecular complexity index is 1130. The van der Waals surface area contributed by atoms with Crippen LogP contribution in [0.25, 0.3) is 22.3 Å². The summed E-state index contributed by atoms with van der Waals surface area (Å²) in [6, 6.07) is 3.23. The molecule has 0 aliphatic carbocycles. The number of carbonyl (C=O) groups excluding carboxylic acids is 1. The average molecular weight is 423 g/mol. The molecule has 0 radical (unpaired) electrons. The second-order valence-electron chi connectivity index (χ2n) is 7.05. The first-order valence-corrected chi connectivity index (χ1v) is 9.09. The number of fused-ring (bicyclic) bond motifs is 1. The minimum atomic E-state index is -4.48. The van der Waals surface area contributed by atoms with Gasteiger partial charge in [0.2, 0.25) is 0 Å². The van der Waals surface area contributed by atoms with Crippen LogP contribution in [0.4, 0.5) is 17.6 Å². The number of aryl methyl sites for hydroxylation is 1. The number of piperazine rings is 1. The first-order chi connectivity index (χ1) is 14.1. The average Bonchev–Trinajstić information content (AvgIpc) is 3.09.